The van der Waals surface area contributed by atoms with E-state index in [2.05, 4.69) is 25.2 Å². The zero-order chi connectivity index (χ0) is 25.4. The number of aliphatic hydroxyl groups excluding tert-OH is 4. The van der Waals surface area contributed by atoms with Crippen molar-refractivity contribution in [2.24, 2.45) is 0 Å². The molecule has 0 heterocycles. The van der Waals surface area contributed by atoms with Crippen molar-refractivity contribution in [3.63, 3.8) is 0 Å². The maximum Gasteiger partial charge on any atom is 0.249 e. The van der Waals surface area contributed by atoms with Crippen LogP contribution in [0.2, 0.25) is 0 Å². The SMILES string of the molecule is CCCCCC/C=C\CCC(O)C(=O)NC(CO)C(O)C(O)CCCCCCCCCCCC. The molecule has 6 nitrogen and oxygen atoms in total. The van der Waals surface area contributed by atoms with Crippen LogP contribution in [0.15, 0.2) is 12.2 Å². The van der Waals surface area contributed by atoms with E-state index >= 15 is 0 Å². The molecule has 0 spiro atoms. The summed E-state index contributed by atoms with van der Waals surface area (Å²) in [5.41, 5.74) is 0. The quantitative estimate of drug-likeness (QED) is 0.0957. The number of nitrogens with one attached hydrogen (secondary N) is 1. The Kier molecular flexibility index (Phi) is 23.1. The number of hydrogen-bond donors (Lipinski definition) is 5. The van der Waals surface area contributed by atoms with Gasteiger partial charge < -0.3 is 25.7 Å². The molecule has 0 radical (unpaired) electrons. The summed E-state index contributed by atoms with van der Waals surface area (Å²) in [5.74, 6) is -0.624. The summed E-state index contributed by atoms with van der Waals surface area (Å²) in [6, 6.07) is -0.991. The Morgan fingerprint density at radius 2 is 1.21 bits per heavy atom. The van der Waals surface area contributed by atoms with Gasteiger partial charge in [-0.1, -0.05) is 109 Å². The topological polar surface area (TPSA) is 110 Å². The van der Waals surface area contributed by atoms with Gasteiger partial charge in [-0.25, -0.2) is 0 Å². The van der Waals surface area contributed by atoms with Crippen LogP contribution in [0, 0.1) is 0 Å². The van der Waals surface area contributed by atoms with Gasteiger partial charge in [0.25, 0.3) is 0 Å². The standard InChI is InChI=1S/C28H55NO5/c1-3-5-7-9-11-13-14-16-17-19-21-25(31)27(33)24(23-30)29-28(34)26(32)22-20-18-15-12-10-8-6-4-2/h15,18,24-27,30-33H,3-14,16-17,19-23H2,1-2H3,(H,29,34)/b18-15-. The van der Waals surface area contributed by atoms with Crippen molar-refractivity contribution in [1.29, 1.82) is 0 Å². The van der Waals surface area contributed by atoms with E-state index in [4.69, 9.17) is 0 Å². The molecular weight excluding hydrogens is 430 g/mol. The fourth-order valence-corrected chi connectivity index (χ4v) is 4.11. The summed E-state index contributed by atoms with van der Waals surface area (Å²) in [6.07, 6.45) is 19.7. The third kappa shape index (κ3) is 18.4. The zero-order valence-electron chi connectivity index (χ0n) is 22.1. The number of hydrogen-bond acceptors (Lipinski definition) is 5. The molecule has 6 heteroatoms. The molecule has 4 atom stereocenters. The molecule has 0 aromatic heterocycles. The second-order valence-corrected chi connectivity index (χ2v) is 9.74. The van der Waals surface area contributed by atoms with Crippen LogP contribution in [0.5, 0.6) is 0 Å². The Bertz CT molecular complexity index is 485. The summed E-state index contributed by atoms with van der Waals surface area (Å²) >= 11 is 0. The fourth-order valence-electron chi connectivity index (χ4n) is 4.11. The van der Waals surface area contributed by atoms with Crippen molar-refractivity contribution in [1.82, 2.24) is 5.32 Å². The van der Waals surface area contributed by atoms with Gasteiger partial charge in [0, 0.05) is 0 Å². The van der Waals surface area contributed by atoms with Crippen LogP contribution in [-0.2, 0) is 4.79 Å². The van der Waals surface area contributed by atoms with Crippen molar-refractivity contribution in [2.75, 3.05) is 6.61 Å². The van der Waals surface area contributed by atoms with Gasteiger partial charge in [0.1, 0.15) is 12.2 Å². The van der Waals surface area contributed by atoms with Crippen molar-refractivity contribution >= 4 is 5.91 Å². The molecule has 0 aliphatic carbocycles. The third-order valence-electron chi connectivity index (χ3n) is 6.48. The van der Waals surface area contributed by atoms with E-state index in [9.17, 15) is 25.2 Å². The van der Waals surface area contributed by atoms with Crippen molar-refractivity contribution in [3.8, 4) is 0 Å². The molecule has 0 fully saturated rings. The van der Waals surface area contributed by atoms with Crippen LogP contribution in [0.25, 0.3) is 0 Å². The average molecular weight is 486 g/mol. The number of aliphatic hydroxyl groups is 4. The maximum atomic E-state index is 12.2. The first-order valence-corrected chi connectivity index (χ1v) is 14.1. The van der Waals surface area contributed by atoms with Crippen LogP contribution in [-0.4, -0.2) is 57.3 Å². The van der Waals surface area contributed by atoms with E-state index < -0.39 is 36.9 Å². The van der Waals surface area contributed by atoms with E-state index in [1.165, 1.54) is 64.2 Å². The Hall–Kier alpha value is -0.950. The lowest BCUT2D eigenvalue weighted by molar-refractivity contribution is -0.132. The van der Waals surface area contributed by atoms with Gasteiger partial charge in [0.15, 0.2) is 0 Å². The minimum absolute atomic E-state index is 0.284. The number of carbonyl (C=O) groups is 1. The Labute approximate surface area is 209 Å². The molecule has 0 aliphatic rings. The first-order chi connectivity index (χ1) is 16.5. The minimum atomic E-state index is -1.26. The molecular formula is C28H55NO5. The highest BCUT2D eigenvalue weighted by molar-refractivity contribution is 5.80. The minimum Gasteiger partial charge on any atom is -0.394 e. The number of carbonyl (C=O) groups excluding carboxylic acids is 1. The van der Waals surface area contributed by atoms with Gasteiger partial charge in [-0.3, -0.25) is 4.79 Å². The summed E-state index contributed by atoms with van der Waals surface area (Å²) < 4.78 is 0. The molecule has 202 valence electrons. The number of rotatable bonds is 24. The van der Waals surface area contributed by atoms with E-state index in [0.29, 0.717) is 12.8 Å². The molecule has 5 N–H and O–H groups in total. The molecule has 1 amide bonds. The molecule has 34 heavy (non-hydrogen) atoms. The van der Waals surface area contributed by atoms with E-state index in [-0.39, 0.29) is 6.42 Å². The fraction of sp³-hybridized carbons (Fsp3) is 0.893. The normalized spacial score (nSPS) is 15.4. The van der Waals surface area contributed by atoms with Gasteiger partial charge in [-0.2, -0.15) is 0 Å². The summed E-state index contributed by atoms with van der Waals surface area (Å²) in [4.78, 5) is 12.2. The molecule has 0 bridgehead atoms. The highest BCUT2D eigenvalue weighted by Gasteiger charge is 2.28. The van der Waals surface area contributed by atoms with Gasteiger partial charge >= 0.3 is 0 Å². The summed E-state index contributed by atoms with van der Waals surface area (Å²) in [5, 5.41) is 42.8. The molecule has 0 saturated heterocycles. The Morgan fingerprint density at radius 1 is 0.706 bits per heavy atom. The predicted octanol–water partition coefficient (Wildman–Crippen LogP) is 5.16. The molecule has 0 aliphatic heterocycles. The lowest BCUT2D eigenvalue weighted by atomic mass is 9.99. The van der Waals surface area contributed by atoms with Crippen LogP contribution in [0.1, 0.15) is 129 Å². The van der Waals surface area contributed by atoms with Crippen molar-refractivity contribution in [2.45, 2.75) is 154 Å². The number of amides is 1. The van der Waals surface area contributed by atoms with E-state index in [1.54, 1.807) is 0 Å². The van der Waals surface area contributed by atoms with Gasteiger partial charge in [0.05, 0.1) is 18.8 Å². The van der Waals surface area contributed by atoms with Gasteiger partial charge in [-0.05, 0) is 32.1 Å². The first-order valence-electron chi connectivity index (χ1n) is 14.1. The summed E-state index contributed by atoms with van der Waals surface area (Å²) in [7, 11) is 0. The highest BCUT2D eigenvalue weighted by atomic mass is 16.3. The smallest absolute Gasteiger partial charge is 0.249 e. The third-order valence-corrected chi connectivity index (χ3v) is 6.48. The molecule has 4 unspecified atom stereocenters. The lowest BCUT2D eigenvalue weighted by Gasteiger charge is -2.27. The zero-order valence-corrected chi connectivity index (χ0v) is 22.1. The number of allylic oxidation sites excluding steroid dienone is 2. The Balaban J connectivity index is 4.02. The monoisotopic (exact) mass is 485 g/mol. The molecule has 0 aromatic carbocycles. The van der Waals surface area contributed by atoms with Gasteiger partial charge in [0.2, 0.25) is 5.91 Å². The number of unbranched alkanes of at least 4 members (excludes halogenated alkanes) is 13. The van der Waals surface area contributed by atoms with Crippen LogP contribution >= 0.6 is 0 Å². The maximum absolute atomic E-state index is 12.2. The second kappa shape index (κ2) is 23.8. The van der Waals surface area contributed by atoms with Crippen molar-refractivity contribution in [3.05, 3.63) is 12.2 Å². The average Bonchev–Trinajstić information content (AvgIpc) is 2.84. The van der Waals surface area contributed by atoms with Crippen LogP contribution < -0.4 is 5.32 Å². The molecule has 0 saturated carbocycles. The van der Waals surface area contributed by atoms with Crippen LogP contribution in [0.4, 0.5) is 0 Å². The predicted molar refractivity (Wildman–Crippen MR) is 141 cm³/mol. The molecule has 0 rings (SSSR count). The lowest BCUT2D eigenvalue weighted by Crippen LogP contribution is -2.53. The van der Waals surface area contributed by atoms with Gasteiger partial charge in [-0.15, -0.1) is 0 Å². The van der Waals surface area contributed by atoms with E-state index in [1.807, 2.05) is 6.08 Å². The summed E-state index contributed by atoms with van der Waals surface area (Å²) in [6.45, 7) is 3.91. The second-order valence-electron chi connectivity index (χ2n) is 9.74. The van der Waals surface area contributed by atoms with E-state index in [0.717, 1.165) is 32.1 Å². The van der Waals surface area contributed by atoms with Crippen molar-refractivity contribution < 1.29 is 25.2 Å². The highest BCUT2D eigenvalue weighted by Crippen LogP contribution is 2.14. The molecule has 0 aromatic rings. The van der Waals surface area contributed by atoms with Crippen LogP contribution in [0.3, 0.4) is 0 Å². The largest absolute Gasteiger partial charge is 0.394 e. The first kappa shape index (κ1) is 33.0. The Morgan fingerprint density at radius 3 is 1.76 bits per heavy atom.